The van der Waals surface area contributed by atoms with Gasteiger partial charge in [0.25, 0.3) is 0 Å². The fourth-order valence-electron chi connectivity index (χ4n) is 2.30. The summed E-state index contributed by atoms with van der Waals surface area (Å²) in [5.41, 5.74) is 1.25. The van der Waals surface area contributed by atoms with Crippen LogP contribution in [0.5, 0.6) is 23.0 Å². The van der Waals surface area contributed by atoms with Crippen LogP contribution in [0.4, 0.5) is 0 Å². The van der Waals surface area contributed by atoms with E-state index in [9.17, 15) is 4.79 Å². The molecule has 0 radical (unpaired) electrons. The number of benzene rings is 2. The molecule has 0 atom stereocenters. The number of hydrogen-bond acceptors (Lipinski definition) is 5. The topological polar surface area (TPSA) is 54.0 Å². The van der Waals surface area contributed by atoms with E-state index in [1.165, 1.54) is 13.2 Å². The average Bonchev–Trinajstić information content (AvgIpc) is 2.65. The fourth-order valence-corrected chi connectivity index (χ4v) is 3.21. The van der Waals surface area contributed by atoms with E-state index in [-0.39, 0.29) is 5.78 Å². The first kappa shape index (κ1) is 19.1. The van der Waals surface area contributed by atoms with Gasteiger partial charge in [-0.1, -0.05) is 0 Å². The minimum atomic E-state index is -0.171. The van der Waals surface area contributed by atoms with Gasteiger partial charge in [-0.15, -0.1) is 0 Å². The molecule has 2 aromatic carbocycles. The van der Waals surface area contributed by atoms with Gasteiger partial charge in [-0.2, -0.15) is 0 Å². The summed E-state index contributed by atoms with van der Waals surface area (Å²) in [6, 6.07) is 8.85. The van der Waals surface area contributed by atoms with Gasteiger partial charge in [0.05, 0.1) is 37.6 Å². The molecular formula is C19H19IO5. The number of carbonyl (C=O) groups excluding carboxylic acids is 1. The molecule has 5 nitrogen and oxygen atoms in total. The molecule has 0 aliphatic heterocycles. The summed E-state index contributed by atoms with van der Waals surface area (Å²) in [5.74, 6) is 2.30. The first-order valence-electron chi connectivity index (χ1n) is 7.40. The maximum Gasteiger partial charge on any atom is 0.189 e. The van der Waals surface area contributed by atoms with Crippen molar-refractivity contribution >= 4 is 34.5 Å². The maximum atomic E-state index is 12.6. The minimum absolute atomic E-state index is 0.171. The van der Waals surface area contributed by atoms with E-state index in [2.05, 4.69) is 22.6 Å². The lowest BCUT2D eigenvalue weighted by Gasteiger charge is -2.11. The zero-order valence-electron chi connectivity index (χ0n) is 14.5. The zero-order valence-corrected chi connectivity index (χ0v) is 16.6. The summed E-state index contributed by atoms with van der Waals surface area (Å²) in [6.45, 7) is 0. The van der Waals surface area contributed by atoms with Crippen molar-refractivity contribution in [3.05, 3.63) is 51.1 Å². The minimum Gasteiger partial charge on any atom is -0.497 e. The van der Waals surface area contributed by atoms with E-state index >= 15 is 0 Å². The van der Waals surface area contributed by atoms with Gasteiger partial charge in [0.1, 0.15) is 23.0 Å². The van der Waals surface area contributed by atoms with Crippen LogP contribution >= 0.6 is 22.6 Å². The van der Waals surface area contributed by atoms with Crippen LogP contribution in [0.15, 0.2) is 36.4 Å². The normalized spacial score (nSPS) is 10.6. The molecule has 25 heavy (non-hydrogen) atoms. The molecule has 0 aliphatic carbocycles. The third-order valence-corrected chi connectivity index (χ3v) is 4.63. The molecule has 0 aromatic heterocycles. The Bertz CT molecular complexity index is 799. The molecule has 0 saturated carbocycles. The van der Waals surface area contributed by atoms with E-state index in [1.54, 1.807) is 45.6 Å². The van der Waals surface area contributed by atoms with Crippen LogP contribution in [-0.2, 0) is 0 Å². The number of allylic oxidation sites excluding steroid dienone is 1. The van der Waals surface area contributed by atoms with Crippen molar-refractivity contribution in [2.45, 2.75) is 0 Å². The van der Waals surface area contributed by atoms with Gasteiger partial charge in [0.2, 0.25) is 0 Å². The lowest BCUT2D eigenvalue weighted by atomic mass is 10.1. The van der Waals surface area contributed by atoms with Crippen molar-refractivity contribution in [1.82, 2.24) is 0 Å². The predicted octanol–water partition coefficient (Wildman–Crippen LogP) is 4.22. The van der Waals surface area contributed by atoms with Gasteiger partial charge in [-0.05, 0) is 59.0 Å². The first-order valence-corrected chi connectivity index (χ1v) is 8.48. The Hall–Kier alpha value is -2.22. The molecule has 2 aromatic rings. The second-order valence-electron chi connectivity index (χ2n) is 4.97. The smallest absolute Gasteiger partial charge is 0.189 e. The van der Waals surface area contributed by atoms with Crippen molar-refractivity contribution in [2.75, 3.05) is 28.4 Å². The summed E-state index contributed by atoms with van der Waals surface area (Å²) in [4.78, 5) is 12.6. The number of ketones is 1. The van der Waals surface area contributed by atoms with Gasteiger partial charge in [0, 0.05) is 11.6 Å². The number of rotatable bonds is 7. The standard InChI is InChI=1S/C19H19IO5/c1-22-13-7-5-12(17(11-13)24-3)6-9-15(21)14-8-10-16(23-2)18(20)19(14)25-4/h5-11H,1-4H3/b9-6+. The van der Waals surface area contributed by atoms with Crippen molar-refractivity contribution < 1.29 is 23.7 Å². The van der Waals surface area contributed by atoms with Crippen molar-refractivity contribution in [3.8, 4) is 23.0 Å². The van der Waals surface area contributed by atoms with E-state index < -0.39 is 0 Å². The molecule has 0 saturated heterocycles. The highest BCUT2D eigenvalue weighted by atomic mass is 127. The van der Waals surface area contributed by atoms with E-state index in [1.807, 2.05) is 12.1 Å². The molecule has 0 fully saturated rings. The molecule has 0 spiro atoms. The predicted molar refractivity (Wildman–Crippen MR) is 105 cm³/mol. The third-order valence-electron chi connectivity index (χ3n) is 3.61. The van der Waals surface area contributed by atoms with Gasteiger partial charge >= 0.3 is 0 Å². The largest absolute Gasteiger partial charge is 0.497 e. The number of carbonyl (C=O) groups is 1. The van der Waals surface area contributed by atoms with Crippen molar-refractivity contribution in [3.63, 3.8) is 0 Å². The number of hydrogen-bond donors (Lipinski definition) is 0. The second kappa shape index (κ2) is 8.75. The summed E-state index contributed by atoms with van der Waals surface area (Å²) in [5, 5.41) is 0. The maximum absolute atomic E-state index is 12.6. The molecule has 0 amide bonds. The van der Waals surface area contributed by atoms with Crippen molar-refractivity contribution in [1.29, 1.82) is 0 Å². The highest BCUT2D eigenvalue weighted by Crippen LogP contribution is 2.34. The van der Waals surface area contributed by atoms with Crippen LogP contribution in [0.2, 0.25) is 0 Å². The monoisotopic (exact) mass is 454 g/mol. The Morgan fingerprint density at radius 2 is 1.64 bits per heavy atom. The molecule has 0 unspecified atom stereocenters. The summed E-state index contributed by atoms with van der Waals surface area (Å²) < 4.78 is 21.9. The quantitative estimate of drug-likeness (QED) is 0.356. The second-order valence-corrected chi connectivity index (χ2v) is 6.05. The lowest BCUT2D eigenvalue weighted by molar-refractivity contribution is 0.104. The average molecular weight is 454 g/mol. The van der Waals surface area contributed by atoms with E-state index in [0.717, 1.165) is 9.13 Å². The highest BCUT2D eigenvalue weighted by molar-refractivity contribution is 14.1. The number of ether oxygens (including phenoxy) is 4. The van der Waals surface area contributed by atoms with Gasteiger partial charge in [-0.25, -0.2) is 0 Å². The van der Waals surface area contributed by atoms with Gasteiger partial charge < -0.3 is 18.9 Å². The summed E-state index contributed by atoms with van der Waals surface area (Å²) in [7, 11) is 6.27. The van der Waals surface area contributed by atoms with Crippen LogP contribution in [0.1, 0.15) is 15.9 Å². The fraction of sp³-hybridized carbons (Fsp3) is 0.211. The Morgan fingerprint density at radius 1 is 0.920 bits per heavy atom. The molecular weight excluding hydrogens is 435 g/mol. The molecule has 132 valence electrons. The summed E-state index contributed by atoms with van der Waals surface area (Å²) >= 11 is 2.10. The van der Waals surface area contributed by atoms with Crippen molar-refractivity contribution in [2.24, 2.45) is 0 Å². The molecule has 0 N–H and O–H groups in total. The summed E-state index contributed by atoms with van der Waals surface area (Å²) in [6.07, 6.45) is 3.20. The number of halogens is 1. The molecule has 0 heterocycles. The highest BCUT2D eigenvalue weighted by Gasteiger charge is 2.16. The first-order chi connectivity index (χ1) is 12.0. The molecule has 6 heteroatoms. The van der Waals surface area contributed by atoms with Gasteiger partial charge in [0.15, 0.2) is 5.78 Å². The van der Waals surface area contributed by atoms with Crippen LogP contribution < -0.4 is 18.9 Å². The molecule has 2 rings (SSSR count). The zero-order chi connectivity index (χ0) is 18.4. The third kappa shape index (κ3) is 4.25. The Balaban J connectivity index is 2.34. The van der Waals surface area contributed by atoms with E-state index in [4.69, 9.17) is 18.9 Å². The Kier molecular flexibility index (Phi) is 6.69. The molecule has 0 bridgehead atoms. The van der Waals surface area contributed by atoms with Gasteiger partial charge in [-0.3, -0.25) is 4.79 Å². The van der Waals surface area contributed by atoms with Crippen LogP contribution in [0, 0.1) is 3.57 Å². The van der Waals surface area contributed by atoms with E-state index in [0.29, 0.717) is 28.6 Å². The SMILES string of the molecule is COc1ccc(/C=C/C(=O)c2ccc(OC)c(I)c2OC)c(OC)c1. The van der Waals surface area contributed by atoms with Crippen LogP contribution in [-0.4, -0.2) is 34.2 Å². The molecule has 0 aliphatic rings. The van der Waals surface area contributed by atoms with Crippen LogP contribution in [0.3, 0.4) is 0 Å². The van der Waals surface area contributed by atoms with Crippen LogP contribution in [0.25, 0.3) is 6.08 Å². The Labute approximate surface area is 160 Å². The Morgan fingerprint density at radius 3 is 2.24 bits per heavy atom. The lowest BCUT2D eigenvalue weighted by Crippen LogP contribution is -2.02. The number of methoxy groups -OCH3 is 4.